The fourth-order valence-electron chi connectivity index (χ4n) is 1.60. The topological polar surface area (TPSA) is 84.9 Å². The molecule has 0 fully saturated rings. The van der Waals surface area contributed by atoms with Crippen LogP contribution in [0.1, 0.15) is 12.0 Å². The van der Waals surface area contributed by atoms with Gasteiger partial charge in [0.2, 0.25) is 5.91 Å². The zero-order valence-electron chi connectivity index (χ0n) is 11.4. The summed E-state index contributed by atoms with van der Waals surface area (Å²) in [7, 11) is 1.60. The number of hydrogen-bond acceptors (Lipinski definition) is 4. The smallest absolute Gasteiger partial charge is 0.329 e. The number of amides is 1. The largest absolute Gasteiger partial charge is 0.497 e. The summed E-state index contributed by atoms with van der Waals surface area (Å²) >= 11 is 0. The monoisotopic (exact) mass is 281 g/mol. The Morgan fingerprint density at radius 3 is 2.85 bits per heavy atom. The summed E-state index contributed by atoms with van der Waals surface area (Å²) in [6.07, 6.45) is 0.991. The van der Waals surface area contributed by atoms with Crippen molar-refractivity contribution in [3.8, 4) is 5.75 Å². The molecule has 6 nitrogen and oxygen atoms in total. The Hall–Kier alpha value is -2.08. The van der Waals surface area contributed by atoms with E-state index in [0.717, 1.165) is 11.3 Å². The number of rotatable bonds is 9. The lowest BCUT2D eigenvalue weighted by molar-refractivity contribution is -0.142. The maximum atomic E-state index is 11.6. The molecule has 6 heteroatoms. The van der Waals surface area contributed by atoms with Crippen molar-refractivity contribution in [2.45, 2.75) is 12.8 Å². The minimum absolute atomic E-state index is 0.0910. The van der Waals surface area contributed by atoms with Crippen LogP contribution in [0.15, 0.2) is 24.3 Å². The Labute approximate surface area is 117 Å². The van der Waals surface area contributed by atoms with Gasteiger partial charge in [0.05, 0.1) is 13.7 Å². The SMILES string of the molecule is COc1cccc(CCC(=O)NCCOCC(=O)O)c1. The van der Waals surface area contributed by atoms with Crippen LogP contribution in [0.2, 0.25) is 0 Å². The molecule has 0 aliphatic rings. The number of nitrogens with one attached hydrogen (secondary N) is 1. The molecule has 1 aromatic carbocycles. The third-order valence-electron chi connectivity index (χ3n) is 2.57. The molecule has 1 amide bonds. The fourth-order valence-corrected chi connectivity index (χ4v) is 1.60. The molecule has 0 heterocycles. The Balaban J connectivity index is 2.17. The van der Waals surface area contributed by atoms with E-state index in [1.165, 1.54) is 0 Å². The highest BCUT2D eigenvalue weighted by Crippen LogP contribution is 2.13. The molecule has 20 heavy (non-hydrogen) atoms. The third-order valence-corrected chi connectivity index (χ3v) is 2.57. The molecular weight excluding hydrogens is 262 g/mol. The van der Waals surface area contributed by atoms with Crippen molar-refractivity contribution in [1.29, 1.82) is 0 Å². The van der Waals surface area contributed by atoms with E-state index in [-0.39, 0.29) is 19.1 Å². The van der Waals surface area contributed by atoms with Crippen LogP contribution in [0.3, 0.4) is 0 Å². The van der Waals surface area contributed by atoms with Crippen LogP contribution in [0.4, 0.5) is 0 Å². The minimum Gasteiger partial charge on any atom is -0.497 e. The molecule has 0 radical (unpaired) electrons. The van der Waals surface area contributed by atoms with Gasteiger partial charge in [-0.25, -0.2) is 4.79 Å². The first kappa shape index (κ1) is 16.0. The van der Waals surface area contributed by atoms with Crippen molar-refractivity contribution in [1.82, 2.24) is 5.32 Å². The number of carboxylic acid groups (broad SMARTS) is 1. The van der Waals surface area contributed by atoms with Gasteiger partial charge in [-0.3, -0.25) is 4.79 Å². The summed E-state index contributed by atoms with van der Waals surface area (Å²) in [5.41, 5.74) is 1.03. The van der Waals surface area contributed by atoms with E-state index in [4.69, 9.17) is 14.6 Å². The number of hydrogen-bond donors (Lipinski definition) is 2. The molecule has 2 N–H and O–H groups in total. The van der Waals surface area contributed by atoms with Crippen LogP contribution in [0.25, 0.3) is 0 Å². The number of carbonyl (C=O) groups excluding carboxylic acids is 1. The Bertz CT molecular complexity index is 447. The quantitative estimate of drug-likeness (QED) is 0.655. The molecular formula is C14H19NO5. The first-order valence-corrected chi connectivity index (χ1v) is 6.31. The van der Waals surface area contributed by atoms with Crippen LogP contribution in [0, 0.1) is 0 Å². The molecule has 0 aliphatic carbocycles. The summed E-state index contributed by atoms with van der Waals surface area (Å²) in [6, 6.07) is 7.56. The standard InChI is InChI=1S/C14H19NO5/c1-19-12-4-2-3-11(9-12)5-6-13(16)15-7-8-20-10-14(17)18/h2-4,9H,5-8,10H2,1H3,(H,15,16)(H,17,18). The highest BCUT2D eigenvalue weighted by atomic mass is 16.5. The van der Waals surface area contributed by atoms with Crippen LogP contribution >= 0.6 is 0 Å². The van der Waals surface area contributed by atoms with Crippen LogP contribution in [-0.4, -0.2) is 43.9 Å². The molecule has 0 unspecified atom stereocenters. The van der Waals surface area contributed by atoms with Crippen LogP contribution in [-0.2, 0) is 20.7 Å². The van der Waals surface area contributed by atoms with Gasteiger partial charge in [0, 0.05) is 13.0 Å². The van der Waals surface area contributed by atoms with E-state index in [1.54, 1.807) is 7.11 Å². The van der Waals surface area contributed by atoms with Gasteiger partial charge in [-0.2, -0.15) is 0 Å². The van der Waals surface area contributed by atoms with Gasteiger partial charge in [-0.15, -0.1) is 0 Å². The van der Waals surface area contributed by atoms with E-state index in [2.05, 4.69) is 5.32 Å². The molecule has 0 aromatic heterocycles. The number of benzene rings is 1. The van der Waals surface area contributed by atoms with Crippen molar-refractivity contribution in [2.75, 3.05) is 26.9 Å². The van der Waals surface area contributed by atoms with E-state index >= 15 is 0 Å². The number of carboxylic acids is 1. The van der Waals surface area contributed by atoms with Crippen molar-refractivity contribution in [2.24, 2.45) is 0 Å². The molecule has 110 valence electrons. The zero-order chi connectivity index (χ0) is 14.8. The third kappa shape index (κ3) is 6.75. The maximum Gasteiger partial charge on any atom is 0.329 e. The summed E-state index contributed by atoms with van der Waals surface area (Å²) in [5.74, 6) is -0.342. The average molecular weight is 281 g/mol. The first-order chi connectivity index (χ1) is 9.61. The van der Waals surface area contributed by atoms with Gasteiger partial charge < -0.3 is 19.9 Å². The van der Waals surface area contributed by atoms with Gasteiger partial charge in [0.15, 0.2) is 0 Å². The number of aryl methyl sites for hydroxylation is 1. The number of aliphatic carboxylic acids is 1. The van der Waals surface area contributed by atoms with E-state index in [1.807, 2.05) is 24.3 Å². The van der Waals surface area contributed by atoms with Gasteiger partial charge in [-0.05, 0) is 24.1 Å². The lowest BCUT2D eigenvalue weighted by atomic mass is 10.1. The van der Waals surface area contributed by atoms with Gasteiger partial charge >= 0.3 is 5.97 Å². The van der Waals surface area contributed by atoms with Gasteiger partial charge in [0.25, 0.3) is 0 Å². The van der Waals surface area contributed by atoms with Gasteiger partial charge in [-0.1, -0.05) is 12.1 Å². The average Bonchev–Trinajstić information content (AvgIpc) is 2.44. The summed E-state index contributed by atoms with van der Waals surface area (Å²) in [6.45, 7) is 0.154. The molecule has 1 rings (SSSR count). The molecule has 0 atom stereocenters. The molecule has 0 saturated heterocycles. The van der Waals surface area contributed by atoms with E-state index < -0.39 is 5.97 Å². The van der Waals surface area contributed by atoms with Crippen LogP contribution < -0.4 is 10.1 Å². The molecule has 0 aliphatic heterocycles. The summed E-state index contributed by atoms with van der Waals surface area (Å²) in [4.78, 5) is 21.7. The predicted octanol–water partition coefficient (Wildman–Crippen LogP) is 0.845. The lowest BCUT2D eigenvalue weighted by Gasteiger charge is -2.06. The molecule has 1 aromatic rings. The Morgan fingerprint density at radius 2 is 2.15 bits per heavy atom. The number of methoxy groups -OCH3 is 1. The predicted molar refractivity (Wildman–Crippen MR) is 72.8 cm³/mol. The Morgan fingerprint density at radius 1 is 1.35 bits per heavy atom. The summed E-state index contributed by atoms with van der Waals surface area (Å²) in [5, 5.41) is 11.0. The second kappa shape index (κ2) is 8.92. The van der Waals surface area contributed by atoms with E-state index in [0.29, 0.717) is 19.4 Å². The van der Waals surface area contributed by atoms with Crippen molar-refractivity contribution in [3.05, 3.63) is 29.8 Å². The first-order valence-electron chi connectivity index (χ1n) is 6.31. The van der Waals surface area contributed by atoms with Crippen molar-refractivity contribution < 1.29 is 24.2 Å². The Kier molecular flexibility index (Phi) is 7.13. The highest BCUT2D eigenvalue weighted by molar-refractivity contribution is 5.76. The molecule has 0 saturated carbocycles. The molecule has 0 bridgehead atoms. The maximum absolute atomic E-state index is 11.6. The second-order valence-electron chi connectivity index (χ2n) is 4.15. The highest BCUT2D eigenvalue weighted by Gasteiger charge is 2.03. The minimum atomic E-state index is -1.02. The van der Waals surface area contributed by atoms with Crippen molar-refractivity contribution >= 4 is 11.9 Å². The normalized spacial score (nSPS) is 10.1. The summed E-state index contributed by atoms with van der Waals surface area (Å²) < 4.78 is 9.92. The van der Waals surface area contributed by atoms with Crippen molar-refractivity contribution in [3.63, 3.8) is 0 Å². The second-order valence-corrected chi connectivity index (χ2v) is 4.15. The zero-order valence-corrected chi connectivity index (χ0v) is 11.4. The van der Waals surface area contributed by atoms with E-state index in [9.17, 15) is 9.59 Å². The van der Waals surface area contributed by atoms with Gasteiger partial charge in [0.1, 0.15) is 12.4 Å². The number of carbonyl (C=O) groups is 2. The fraction of sp³-hybridized carbons (Fsp3) is 0.429. The van der Waals surface area contributed by atoms with Crippen LogP contribution in [0.5, 0.6) is 5.75 Å². The lowest BCUT2D eigenvalue weighted by Crippen LogP contribution is -2.28. The molecule has 0 spiro atoms. The number of ether oxygens (including phenoxy) is 2.